The minimum Gasteiger partial charge on any atom is -0.465 e. The first-order valence-electron chi connectivity index (χ1n) is 6.90. The van der Waals surface area contributed by atoms with Crippen LogP contribution < -0.4 is 5.73 Å². The quantitative estimate of drug-likeness (QED) is 0.793. The molecule has 1 aliphatic carbocycles. The maximum atomic E-state index is 12.5. The van der Waals surface area contributed by atoms with E-state index in [4.69, 9.17) is 10.5 Å². The molecular weight excluding hydrogens is 256 g/mol. The standard InChI is InChI=1S/C15H20N2O3/c1-2-20-13(18)10-17(12-8-9-12)15(19)14(16)11-6-4-3-5-7-11/h3-7,12,14H,2,8-10,16H2,1H3/t14-/m0/s1. The Hall–Kier alpha value is -1.88. The molecule has 5 heteroatoms. The molecule has 1 aliphatic rings. The van der Waals surface area contributed by atoms with Gasteiger partial charge in [0, 0.05) is 6.04 Å². The number of nitrogens with two attached hydrogens (primary N) is 1. The Labute approximate surface area is 118 Å². The molecule has 0 radical (unpaired) electrons. The van der Waals surface area contributed by atoms with Crippen molar-refractivity contribution in [3.63, 3.8) is 0 Å². The molecule has 0 bridgehead atoms. The topological polar surface area (TPSA) is 72.6 Å². The highest BCUT2D eigenvalue weighted by Crippen LogP contribution is 2.29. The Morgan fingerprint density at radius 1 is 1.35 bits per heavy atom. The molecule has 2 N–H and O–H groups in total. The Morgan fingerprint density at radius 2 is 2.00 bits per heavy atom. The van der Waals surface area contributed by atoms with Gasteiger partial charge in [-0.2, -0.15) is 0 Å². The van der Waals surface area contributed by atoms with Gasteiger partial charge in [-0.05, 0) is 25.3 Å². The van der Waals surface area contributed by atoms with Crippen LogP contribution in [0.25, 0.3) is 0 Å². The van der Waals surface area contributed by atoms with E-state index in [0.29, 0.717) is 6.61 Å². The van der Waals surface area contributed by atoms with Crippen molar-refractivity contribution in [1.29, 1.82) is 0 Å². The summed E-state index contributed by atoms with van der Waals surface area (Å²) in [5.41, 5.74) is 6.77. The Balaban J connectivity index is 2.05. The Bertz CT molecular complexity index is 471. The summed E-state index contributed by atoms with van der Waals surface area (Å²) in [6, 6.07) is 8.59. The van der Waals surface area contributed by atoms with Crippen LogP contribution in [0.15, 0.2) is 30.3 Å². The van der Waals surface area contributed by atoms with Crippen LogP contribution >= 0.6 is 0 Å². The zero-order valence-corrected chi connectivity index (χ0v) is 11.6. The molecule has 20 heavy (non-hydrogen) atoms. The number of carbonyl (C=O) groups excluding carboxylic acids is 2. The van der Waals surface area contributed by atoms with Crippen molar-refractivity contribution >= 4 is 11.9 Å². The smallest absolute Gasteiger partial charge is 0.325 e. The number of amides is 1. The molecule has 5 nitrogen and oxygen atoms in total. The number of hydrogen-bond donors (Lipinski definition) is 1. The highest BCUT2D eigenvalue weighted by Gasteiger charge is 2.36. The lowest BCUT2D eigenvalue weighted by molar-refractivity contribution is -0.149. The lowest BCUT2D eigenvalue weighted by Crippen LogP contribution is -2.43. The van der Waals surface area contributed by atoms with Crippen molar-refractivity contribution in [3.8, 4) is 0 Å². The highest BCUT2D eigenvalue weighted by molar-refractivity contribution is 5.87. The molecular formula is C15H20N2O3. The first-order chi connectivity index (χ1) is 9.63. The summed E-state index contributed by atoms with van der Waals surface area (Å²) in [4.78, 5) is 25.6. The van der Waals surface area contributed by atoms with Crippen LogP contribution in [-0.2, 0) is 14.3 Å². The molecule has 2 rings (SSSR count). The van der Waals surface area contributed by atoms with Crippen LogP contribution in [-0.4, -0.2) is 36.0 Å². The molecule has 0 spiro atoms. The van der Waals surface area contributed by atoms with Gasteiger partial charge in [-0.15, -0.1) is 0 Å². The summed E-state index contributed by atoms with van der Waals surface area (Å²) in [5, 5.41) is 0. The van der Waals surface area contributed by atoms with Gasteiger partial charge in [0.25, 0.3) is 0 Å². The fourth-order valence-electron chi connectivity index (χ4n) is 2.10. The lowest BCUT2D eigenvalue weighted by Gasteiger charge is -2.24. The number of benzene rings is 1. The maximum absolute atomic E-state index is 12.5. The predicted octanol–water partition coefficient (Wildman–Crippen LogP) is 1.24. The second kappa shape index (κ2) is 6.52. The zero-order chi connectivity index (χ0) is 14.5. The number of nitrogens with zero attached hydrogens (tertiary/aromatic N) is 1. The zero-order valence-electron chi connectivity index (χ0n) is 11.6. The molecule has 0 aromatic heterocycles. The minimum atomic E-state index is -0.730. The fraction of sp³-hybridized carbons (Fsp3) is 0.467. The van der Waals surface area contributed by atoms with Crippen LogP contribution in [0.4, 0.5) is 0 Å². The van der Waals surface area contributed by atoms with E-state index >= 15 is 0 Å². The maximum Gasteiger partial charge on any atom is 0.325 e. The predicted molar refractivity (Wildman–Crippen MR) is 74.7 cm³/mol. The normalized spacial score (nSPS) is 15.5. The fourth-order valence-corrected chi connectivity index (χ4v) is 2.10. The van der Waals surface area contributed by atoms with E-state index in [0.717, 1.165) is 18.4 Å². The van der Waals surface area contributed by atoms with Crippen molar-refractivity contribution in [1.82, 2.24) is 4.90 Å². The average molecular weight is 276 g/mol. The summed E-state index contributed by atoms with van der Waals surface area (Å²) >= 11 is 0. The molecule has 1 aromatic carbocycles. The molecule has 0 saturated heterocycles. The third-order valence-electron chi connectivity index (χ3n) is 3.30. The van der Waals surface area contributed by atoms with Crippen LogP contribution in [0.3, 0.4) is 0 Å². The number of hydrogen-bond acceptors (Lipinski definition) is 4. The first-order valence-corrected chi connectivity index (χ1v) is 6.90. The van der Waals surface area contributed by atoms with Gasteiger partial charge in [0.15, 0.2) is 0 Å². The number of ether oxygens (including phenoxy) is 1. The summed E-state index contributed by atoms with van der Waals surface area (Å²) in [6.07, 6.45) is 1.85. The van der Waals surface area contributed by atoms with E-state index in [1.165, 1.54) is 0 Å². The van der Waals surface area contributed by atoms with E-state index in [9.17, 15) is 9.59 Å². The third kappa shape index (κ3) is 3.57. The molecule has 0 aliphatic heterocycles. The second-order valence-electron chi connectivity index (χ2n) is 4.89. The van der Waals surface area contributed by atoms with Crippen molar-refractivity contribution in [2.75, 3.05) is 13.2 Å². The van der Waals surface area contributed by atoms with E-state index in [1.807, 2.05) is 30.3 Å². The van der Waals surface area contributed by atoms with Crippen molar-refractivity contribution in [2.45, 2.75) is 31.8 Å². The lowest BCUT2D eigenvalue weighted by atomic mass is 10.1. The molecule has 1 aromatic rings. The Morgan fingerprint density at radius 3 is 2.55 bits per heavy atom. The monoisotopic (exact) mass is 276 g/mol. The van der Waals surface area contributed by atoms with Gasteiger partial charge in [-0.25, -0.2) is 0 Å². The van der Waals surface area contributed by atoms with Gasteiger partial charge < -0.3 is 15.4 Å². The first kappa shape index (κ1) is 14.5. The largest absolute Gasteiger partial charge is 0.465 e. The van der Waals surface area contributed by atoms with Gasteiger partial charge in [0.1, 0.15) is 12.6 Å². The van der Waals surface area contributed by atoms with Crippen LogP contribution in [0.1, 0.15) is 31.4 Å². The van der Waals surface area contributed by atoms with Gasteiger partial charge >= 0.3 is 5.97 Å². The molecule has 1 fully saturated rings. The van der Waals surface area contributed by atoms with Gasteiger partial charge in [0.05, 0.1) is 6.61 Å². The molecule has 0 unspecified atom stereocenters. The Kier molecular flexibility index (Phi) is 4.74. The number of carbonyl (C=O) groups is 2. The van der Waals surface area contributed by atoms with E-state index in [-0.39, 0.29) is 24.5 Å². The van der Waals surface area contributed by atoms with E-state index in [2.05, 4.69) is 0 Å². The molecule has 1 saturated carbocycles. The van der Waals surface area contributed by atoms with Gasteiger partial charge in [0.2, 0.25) is 5.91 Å². The van der Waals surface area contributed by atoms with Crippen molar-refractivity contribution in [3.05, 3.63) is 35.9 Å². The van der Waals surface area contributed by atoms with Crippen molar-refractivity contribution in [2.24, 2.45) is 5.73 Å². The van der Waals surface area contributed by atoms with Gasteiger partial charge in [-0.3, -0.25) is 9.59 Å². The number of esters is 1. The molecule has 1 amide bonds. The van der Waals surface area contributed by atoms with E-state index < -0.39 is 6.04 Å². The van der Waals surface area contributed by atoms with E-state index in [1.54, 1.807) is 11.8 Å². The summed E-state index contributed by atoms with van der Waals surface area (Å²) in [6.45, 7) is 2.05. The average Bonchev–Trinajstić information content (AvgIpc) is 3.29. The molecule has 108 valence electrons. The number of rotatable bonds is 6. The summed E-state index contributed by atoms with van der Waals surface area (Å²) in [7, 11) is 0. The highest BCUT2D eigenvalue weighted by atomic mass is 16.5. The third-order valence-corrected chi connectivity index (χ3v) is 3.30. The van der Waals surface area contributed by atoms with Crippen LogP contribution in [0.2, 0.25) is 0 Å². The summed E-state index contributed by atoms with van der Waals surface area (Å²) < 4.78 is 4.91. The van der Waals surface area contributed by atoms with Crippen LogP contribution in [0, 0.1) is 0 Å². The minimum absolute atomic E-state index is 0.0160. The SMILES string of the molecule is CCOC(=O)CN(C(=O)[C@@H](N)c1ccccc1)C1CC1. The molecule has 1 atom stereocenters. The van der Waals surface area contributed by atoms with Crippen LogP contribution in [0.5, 0.6) is 0 Å². The van der Waals surface area contributed by atoms with Gasteiger partial charge in [-0.1, -0.05) is 30.3 Å². The summed E-state index contributed by atoms with van der Waals surface area (Å²) in [5.74, 6) is -0.597. The molecule has 0 heterocycles. The van der Waals surface area contributed by atoms with Crippen molar-refractivity contribution < 1.29 is 14.3 Å². The second-order valence-corrected chi connectivity index (χ2v) is 4.89.